The van der Waals surface area contributed by atoms with Crippen LogP contribution in [0.5, 0.6) is 0 Å². The van der Waals surface area contributed by atoms with E-state index in [0.29, 0.717) is 38.3 Å². The van der Waals surface area contributed by atoms with Crippen LogP contribution in [-0.2, 0) is 24.1 Å². The van der Waals surface area contributed by atoms with E-state index in [1.165, 1.54) is 11.0 Å². The third-order valence-electron chi connectivity index (χ3n) is 4.99. The van der Waals surface area contributed by atoms with Gasteiger partial charge in [-0.3, -0.25) is 24.5 Å². The summed E-state index contributed by atoms with van der Waals surface area (Å²) in [6.45, 7) is 2.52. The highest BCUT2D eigenvalue weighted by atomic mass is 19.4. The number of hydrogen-bond donors (Lipinski definition) is 0. The fourth-order valence-electron chi connectivity index (χ4n) is 3.35. The Balaban J connectivity index is 1.64. The van der Waals surface area contributed by atoms with Gasteiger partial charge in [-0.05, 0) is 13.0 Å². The molecule has 30 heavy (non-hydrogen) atoms. The molecular weight excluding hydrogens is 410 g/mol. The predicted molar refractivity (Wildman–Crippen MR) is 96.9 cm³/mol. The molecule has 3 rings (SSSR count). The van der Waals surface area contributed by atoms with Crippen LogP contribution in [0.25, 0.3) is 0 Å². The van der Waals surface area contributed by atoms with Gasteiger partial charge in [0.1, 0.15) is 18.1 Å². The Kier molecular flexibility index (Phi) is 6.06. The highest BCUT2D eigenvalue weighted by Crippen LogP contribution is 2.36. The molecule has 1 fully saturated rings. The molecule has 8 nitrogen and oxygen atoms in total. The van der Waals surface area contributed by atoms with Crippen LogP contribution in [0, 0.1) is 22.9 Å². The first kappa shape index (κ1) is 21.7. The van der Waals surface area contributed by atoms with Crippen LogP contribution in [0.2, 0.25) is 0 Å². The lowest BCUT2D eigenvalue weighted by atomic mass is 10.2. The summed E-state index contributed by atoms with van der Waals surface area (Å²) in [5.74, 6) is -0.804. The van der Waals surface area contributed by atoms with Crippen molar-refractivity contribution in [1.29, 1.82) is 0 Å². The zero-order chi connectivity index (χ0) is 22.1. The van der Waals surface area contributed by atoms with E-state index in [0.717, 1.165) is 11.6 Å². The van der Waals surface area contributed by atoms with Gasteiger partial charge in [0.2, 0.25) is 11.6 Å². The lowest BCUT2D eigenvalue weighted by molar-refractivity contribution is -0.388. The fourth-order valence-corrected chi connectivity index (χ4v) is 3.35. The third-order valence-corrected chi connectivity index (χ3v) is 4.99. The fraction of sp³-hybridized carbons (Fsp3) is 0.444. The number of rotatable bonds is 5. The van der Waals surface area contributed by atoms with Gasteiger partial charge in [-0.25, -0.2) is 4.39 Å². The zero-order valence-electron chi connectivity index (χ0n) is 16.0. The Morgan fingerprint density at radius 2 is 1.83 bits per heavy atom. The molecule has 0 radical (unpaired) electrons. The maximum absolute atomic E-state index is 13.8. The average Bonchev–Trinajstić information content (AvgIpc) is 3.01. The largest absolute Gasteiger partial charge is 0.442 e. The van der Waals surface area contributed by atoms with E-state index in [-0.39, 0.29) is 11.5 Å². The molecule has 0 spiro atoms. The van der Waals surface area contributed by atoms with Crippen molar-refractivity contribution in [3.63, 3.8) is 0 Å². The lowest BCUT2D eigenvalue weighted by Gasteiger charge is -2.34. The van der Waals surface area contributed by atoms with E-state index >= 15 is 0 Å². The van der Waals surface area contributed by atoms with Gasteiger partial charge in [-0.1, -0.05) is 18.2 Å². The Morgan fingerprint density at radius 1 is 1.20 bits per heavy atom. The Morgan fingerprint density at radius 3 is 2.37 bits per heavy atom. The maximum Gasteiger partial charge on any atom is 0.442 e. The summed E-state index contributed by atoms with van der Waals surface area (Å²) in [6.07, 6.45) is -5.00. The molecule has 1 aromatic carbocycles. The van der Waals surface area contributed by atoms with Crippen molar-refractivity contribution in [2.45, 2.75) is 26.2 Å². The van der Waals surface area contributed by atoms with Crippen LogP contribution in [-0.4, -0.2) is 56.6 Å². The molecule has 2 aromatic rings. The second-order valence-electron chi connectivity index (χ2n) is 6.94. The average molecular weight is 429 g/mol. The summed E-state index contributed by atoms with van der Waals surface area (Å²) in [4.78, 5) is 25.8. The lowest BCUT2D eigenvalue weighted by Crippen LogP contribution is -2.49. The highest BCUT2D eigenvalue weighted by molar-refractivity contribution is 5.76. The van der Waals surface area contributed by atoms with Gasteiger partial charge in [0.15, 0.2) is 0 Å². The topological polar surface area (TPSA) is 84.5 Å². The number of aromatic nitrogens is 2. The van der Waals surface area contributed by atoms with Gasteiger partial charge in [0, 0.05) is 38.3 Å². The number of carbonyl (C=O) groups is 1. The third kappa shape index (κ3) is 4.58. The number of halogens is 4. The van der Waals surface area contributed by atoms with Crippen LogP contribution in [0.3, 0.4) is 0 Å². The minimum absolute atomic E-state index is 0.307. The summed E-state index contributed by atoms with van der Waals surface area (Å²) < 4.78 is 53.6. The molecule has 0 unspecified atom stereocenters. The summed E-state index contributed by atoms with van der Waals surface area (Å²) in [6, 6.07) is 6.38. The molecule has 0 saturated carbocycles. The number of alkyl halides is 3. The zero-order valence-corrected chi connectivity index (χ0v) is 16.0. The van der Waals surface area contributed by atoms with Crippen molar-refractivity contribution in [1.82, 2.24) is 19.6 Å². The summed E-state index contributed by atoms with van der Waals surface area (Å²) >= 11 is 0. The molecule has 1 aromatic heterocycles. The van der Waals surface area contributed by atoms with Crippen LogP contribution >= 0.6 is 0 Å². The molecule has 0 bridgehead atoms. The van der Waals surface area contributed by atoms with Crippen LogP contribution < -0.4 is 0 Å². The maximum atomic E-state index is 13.8. The SMILES string of the molecule is Cc1c([N+](=O)[O-])c(C(F)(F)F)nn1CC(=O)N1CCN(Cc2ccccc2F)CC1. The number of benzene rings is 1. The Labute approximate surface area is 168 Å². The molecule has 0 N–H and O–H groups in total. The first-order valence-electron chi connectivity index (χ1n) is 9.10. The Bertz CT molecular complexity index is 952. The van der Waals surface area contributed by atoms with Crippen molar-refractivity contribution < 1.29 is 27.3 Å². The molecule has 1 aliphatic rings. The molecule has 162 valence electrons. The van der Waals surface area contributed by atoms with Crippen molar-refractivity contribution in [3.8, 4) is 0 Å². The molecule has 2 heterocycles. The first-order valence-corrected chi connectivity index (χ1v) is 9.10. The van der Waals surface area contributed by atoms with E-state index in [9.17, 15) is 32.5 Å². The minimum atomic E-state index is -5.00. The van der Waals surface area contributed by atoms with E-state index in [2.05, 4.69) is 5.10 Å². The van der Waals surface area contributed by atoms with Crippen molar-refractivity contribution in [3.05, 3.63) is 57.1 Å². The molecule has 0 aliphatic carbocycles. The number of carbonyl (C=O) groups excluding carboxylic acids is 1. The molecule has 1 amide bonds. The van der Waals surface area contributed by atoms with Gasteiger partial charge < -0.3 is 4.90 Å². The van der Waals surface area contributed by atoms with E-state index in [1.54, 1.807) is 18.2 Å². The van der Waals surface area contributed by atoms with Crippen molar-refractivity contribution >= 4 is 11.6 Å². The van der Waals surface area contributed by atoms with Crippen LogP contribution in [0.15, 0.2) is 24.3 Å². The van der Waals surface area contributed by atoms with Crippen LogP contribution in [0.1, 0.15) is 17.0 Å². The number of nitro groups is 1. The number of nitrogens with zero attached hydrogens (tertiary/aromatic N) is 5. The molecule has 12 heteroatoms. The second-order valence-corrected chi connectivity index (χ2v) is 6.94. The quantitative estimate of drug-likeness (QED) is 0.415. The number of piperazine rings is 1. The highest BCUT2D eigenvalue weighted by Gasteiger charge is 2.44. The summed E-state index contributed by atoms with van der Waals surface area (Å²) in [5, 5.41) is 14.3. The predicted octanol–water partition coefficient (Wildman–Crippen LogP) is 2.60. The molecule has 1 aliphatic heterocycles. The van der Waals surface area contributed by atoms with Crippen molar-refractivity contribution in [2.75, 3.05) is 26.2 Å². The minimum Gasteiger partial charge on any atom is -0.339 e. The van der Waals surface area contributed by atoms with E-state index < -0.39 is 34.9 Å². The smallest absolute Gasteiger partial charge is 0.339 e. The molecule has 0 atom stereocenters. The second kappa shape index (κ2) is 8.38. The van der Waals surface area contributed by atoms with Gasteiger partial charge >= 0.3 is 11.9 Å². The summed E-state index contributed by atoms with van der Waals surface area (Å²) in [5.41, 5.74) is -2.56. The van der Waals surface area contributed by atoms with E-state index in [4.69, 9.17) is 0 Å². The number of amides is 1. The molecular formula is C18H19F4N5O3. The van der Waals surface area contributed by atoms with Gasteiger partial charge in [0.25, 0.3) is 0 Å². The molecule has 1 saturated heterocycles. The normalized spacial score (nSPS) is 15.4. The van der Waals surface area contributed by atoms with Crippen LogP contribution in [0.4, 0.5) is 23.2 Å². The number of hydrogen-bond acceptors (Lipinski definition) is 5. The van der Waals surface area contributed by atoms with Gasteiger partial charge in [-0.2, -0.15) is 18.3 Å². The van der Waals surface area contributed by atoms with E-state index in [1.807, 2.05) is 4.90 Å². The van der Waals surface area contributed by atoms with Crippen molar-refractivity contribution in [2.24, 2.45) is 0 Å². The monoisotopic (exact) mass is 429 g/mol. The first-order chi connectivity index (χ1) is 14.1. The van der Waals surface area contributed by atoms with Gasteiger partial charge in [0.05, 0.1) is 4.92 Å². The van der Waals surface area contributed by atoms with Gasteiger partial charge in [-0.15, -0.1) is 0 Å². The summed E-state index contributed by atoms with van der Waals surface area (Å²) in [7, 11) is 0. The Hall–Kier alpha value is -3.02. The standard InChI is InChI=1S/C18H19F4N5O3/c1-12-16(27(29)30)17(18(20,21)22)23-26(12)11-15(28)25-8-6-24(7-9-25)10-13-4-2-3-5-14(13)19/h2-5H,6-11H2,1H3.